The van der Waals surface area contributed by atoms with E-state index < -0.39 is 11.7 Å². The van der Waals surface area contributed by atoms with E-state index in [1.54, 1.807) is 10.7 Å². The summed E-state index contributed by atoms with van der Waals surface area (Å²) < 4.78 is 40.9. The smallest absolute Gasteiger partial charge is 0.399 e. The first-order valence-corrected chi connectivity index (χ1v) is 7.31. The van der Waals surface area contributed by atoms with Crippen LogP contribution in [0.25, 0.3) is 5.52 Å². The highest BCUT2D eigenvalue weighted by Crippen LogP contribution is 2.31. The van der Waals surface area contributed by atoms with Crippen LogP contribution < -0.4 is 11.1 Å². The maximum absolute atomic E-state index is 12.8. The molecule has 0 aliphatic rings. The number of benzene rings is 1. The van der Waals surface area contributed by atoms with E-state index in [9.17, 15) is 13.2 Å². The molecule has 3 rings (SSSR count). The first-order valence-electron chi connectivity index (χ1n) is 6.52. The van der Waals surface area contributed by atoms with Gasteiger partial charge in [0.25, 0.3) is 0 Å². The summed E-state index contributed by atoms with van der Waals surface area (Å²) >= 11 is 3.34. The van der Waals surface area contributed by atoms with Crippen LogP contribution in [0.2, 0.25) is 0 Å². The van der Waals surface area contributed by atoms with Crippen molar-refractivity contribution in [3.05, 3.63) is 52.4 Å². The van der Waals surface area contributed by atoms with Gasteiger partial charge in [-0.05, 0) is 45.8 Å². The molecule has 3 aromatic rings. The molecule has 23 heavy (non-hydrogen) atoms. The normalized spacial score (nSPS) is 11.8. The monoisotopic (exact) mass is 385 g/mol. The molecular formula is C14H11BrF3N5. The average Bonchev–Trinajstić information content (AvgIpc) is 2.84. The molecule has 0 aliphatic carbocycles. The van der Waals surface area contributed by atoms with Crippen LogP contribution in [0.1, 0.15) is 11.1 Å². The molecule has 0 radical (unpaired) electrons. The Morgan fingerprint density at radius 3 is 2.74 bits per heavy atom. The summed E-state index contributed by atoms with van der Waals surface area (Å²) in [6, 6.07) is 5.28. The molecule has 0 amide bonds. The van der Waals surface area contributed by atoms with E-state index in [0.717, 1.165) is 16.6 Å². The Morgan fingerprint density at radius 2 is 2.00 bits per heavy atom. The van der Waals surface area contributed by atoms with Crippen molar-refractivity contribution in [2.45, 2.75) is 12.7 Å². The maximum Gasteiger partial charge on any atom is 0.416 e. The van der Waals surface area contributed by atoms with Crippen molar-refractivity contribution in [2.24, 2.45) is 0 Å². The molecule has 0 saturated heterocycles. The zero-order chi connectivity index (χ0) is 16.6. The number of nitrogens with two attached hydrogens (primary N) is 1. The molecule has 9 heteroatoms. The number of nitrogens with one attached hydrogen (secondary N) is 1. The molecule has 5 nitrogen and oxygen atoms in total. The van der Waals surface area contributed by atoms with Crippen LogP contribution in [0.4, 0.5) is 24.7 Å². The van der Waals surface area contributed by atoms with Crippen LogP contribution >= 0.6 is 15.9 Å². The number of nitrogen functional groups attached to an aromatic ring is 1. The summed E-state index contributed by atoms with van der Waals surface area (Å²) in [5.41, 5.74) is 5.97. The molecule has 120 valence electrons. The van der Waals surface area contributed by atoms with Gasteiger partial charge in [0.2, 0.25) is 0 Å². The Bertz CT molecular complexity index is 859. The fourth-order valence-electron chi connectivity index (χ4n) is 2.20. The van der Waals surface area contributed by atoms with Gasteiger partial charge in [-0.1, -0.05) is 0 Å². The summed E-state index contributed by atoms with van der Waals surface area (Å²) in [4.78, 5) is 4.11. The third kappa shape index (κ3) is 3.39. The van der Waals surface area contributed by atoms with Gasteiger partial charge in [-0.15, -0.1) is 0 Å². The van der Waals surface area contributed by atoms with Crippen molar-refractivity contribution in [2.75, 3.05) is 11.1 Å². The number of alkyl halides is 3. The lowest BCUT2D eigenvalue weighted by Crippen LogP contribution is -2.09. The minimum Gasteiger partial charge on any atom is -0.399 e. The van der Waals surface area contributed by atoms with Gasteiger partial charge >= 0.3 is 6.18 Å². The third-order valence-electron chi connectivity index (χ3n) is 3.17. The van der Waals surface area contributed by atoms with Gasteiger partial charge in [0.1, 0.15) is 11.8 Å². The Labute approximate surface area is 137 Å². The Balaban J connectivity index is 1.86. The van der Waals surface area contributed by atoms with Gasteiger partial charge < -0.3 is 11.1 Å². The molecule has 1 aromatic carbocycles. The molecule has 0 spiro atoms. The van der Waals surface area contributed by atoms with E-state index in [1.807, 2.05) is 6.07 Å². The zero-order valence-corrected chi connectivity index (χ0v) is 13.2. The fourth-order valence-corrected chi connectivity index (χ4v) is 2.61. The molecule has 0 saturated carbocycles. The lowest BCUT2D eigenvalue weighted by Gasteiger charge is -2.12. The number of aromatic nitrogens is 3. The Kier molecular flexibility index (Phi) is 3.88. The largest absolute Gasteiger partial charge is 0.416 e. The minimum absolute atomic E-state index is 0.0647. The number of hydrogen-bond donors (Lipinski definition) is 2. The van der Waals surface area contributed by atoms with Crippen LogP contribution in [0, 0.1) is 0 Å². The van der Waals surface area contributed by atoms with E-state index in [2.05, 4.69) is 31.3 Å². The highest BCUT2D eigenvalue weighted by Gasteiger charge is 2.31. The number of nitrogens with zero attached hydrogens (tertiary/aromatic N) is 3. The molecule has 2 heterocycles. The third-order valence-corrected chi connectivity index (χ3v) is 3.61. The number of halogens is 4. The first kappa shape index (κ1) is 15.6. The van der Waals surface area contributed by atoms with E-state index in [1.165, 1.54) is 12.4 Å². The average molecular weight is 386 g/mol. The summed E-state index contributed by atoms with van der Waals surface area (Å²) in [6.45, 7) is 0.156. The number of anilines is 2. The van der Waals surface area contributed by atoms with Gasteiger partial charge in [0.15, 0.2) is 5.82 Å². The molecule has 2 aromatic heterocycles. The minimum atomic E-state index is -4.43. The van der Waals surface area contributed by atoms with Crippen molar-refractivity contribution in [1.29, 1.82) is 0 Å². The lowest BCUT2D eigenvalue weighted by molar-refractivity contribution is -0.137. The zero-order valence-electron chi connectivity index (χ0n) is 11.6. The fraction of sp³-hybridized carbons (Fsp3) is 0.143. The molecule has 0 fully saturated rings. The Morgan fingerprint density at radius 1 is 1.22 bits per heavy atom. The van der Waals surface area contributed by atoms with E-state index >= 15 is 0 Å². The van der Waals surface area contributed by atoms with Gasteiger partial charge in [0, 0.05) is 22.9 Å². The van der Waals surface area contributed by atoms with Crippen molar-refractivity contribution >= 4 is 33.0 Å². The first-order chi connectivity index (χ1) is 10.8. The van der Waals surface area contributed by atoms with Crippen LogP contribution in [-0.2, 0) is 12.7 Å². The van der Waals surface area contributed by atoms with Crippen LogP contribution in [-0.4, -0.2) is 14.6 Å². The van der Waals surface area contributed by atoms with Crippen molar-refractivity contribution in [1.82, 2.24) is 14.6 Å². The molecule has 0 atom stereocenters. The molecule has 3 N–H and O–H groups in total. The van der Waals surface area contributed by atoms with Gasteiger partial charge in [-0.3, -0.25) is 0 Å². The van der Waals surface area contributed by atoms with Gasteiger partial charge in [0.05, 0.1) is 5.56 Å². The van der Waals surface area contributed by atoms with Crippen LogP contribution in [0.3, 0.4) is 0 Å². The Hall–Kier alpha value is -2.29. The summed E-state index contributed by atoms with van der Waals surface area (Å²) in [6.07, 6.45) is -1.31. The highest BCUT2D eigenvalue weighted by molar-refractivity contribution is 9.10. The number of hydrogen-bond acceptors (Lipinski definition) is 4. The summed E-state index contributed by atoms with van der Waals surface area (Å²) in [5, 5.41) is 7.05. The van der Waals surface area contributed by atoms with Crippen LogP contribution in [0.15, 0.2) is 41.3 Å². The second kappa shape index (κ2) is 5.73. The SMILES string of the molecule is Nc1cc(CNc2ncnn3cc(Br)cc23)cc(C(F)(F)F)c1. The van der Waals surface area contributed by atoms with E-state index in [4.69, 9.17) is 5.73 Å². The summed E-state index contributed by atoms with van der Waals surface area (Å²) in [7, 11) is 0. The quantitative estimate of drug-likeness (QED) is 0.674. The van der Waals surface area contributed by atoms with Crippen LogP contribution in [0.5, 0.6) is 0 Å². The second-order valence-electron chi connectivity index (χ2n) is 4.91. The molecule has 0 aliphatic heterocycles. The van der Waals surface area contributed by atoms with Gasteiger partial charge in [-0.2, -0.15) is 18.3 Å². The second-order valence-corrected chi connectivity index (χ2v) is 5.83. The predicted molar refractivity (Wildman–Crippen MR) is 83.9 cm³/mol. The van der Waals surface area contributed by atoms with Crippen molar-refractivity contribution < 1.29 is 13.2 Å². The summed E-state index contributed by atoms with van der Waals surface area (Å²) in [5.74, 6) is 0.515. The molecular weight excluding hydrogens is 375 g/mol. The van der Waals surface area contributed by atoms with Gasteiger partial charge in [-0.25, -0.2) is 9.50 Å². The lowest BCUT2D eigenvalue weighted by atomic mass is 10.1. The van der Waals surface area contributed by atoms with E-state index in [-0.39, 0.29) is 12.2 Å². The standard InChI is InChI=1S/C14H11BrF3N5/c15-10-4-12-13(21-7-22-23(12)6-10)20-5-8-1-9(14(16,17)18)3-11(19)2-8/h1-4,6-7H,5,19H2,(H,20,21,22). The maximum atomic E-state index is 12.8. The number of rotatable bonds is 3. The molecule has 0 bridgehead atoms. The number of fused-ring (bicyclic) bond motifs is 1. The molecule has 0 unspecified atom stereocenters. The van der Waals surface area contributed by atoms with Crippen molar-refractivity contribution in [3.8, 4) is 0 Å². The van der Waals surface area contributed by atoms with Crippen molar-refractivity contribution in [3.63, 3.8) is 0 Å². The predicted octanol–water partition coefficient (Wildman–Crippen LogP) is 3.70. The topological polar surface area (TPSA) is 68.2 Å². The van der Waals surface area contributed by atoms with E-state index in [0.29, 0.717) is 16.9 Å². The highest BCUT2D eigenvalue weighted by atomic mass is 79.9.